The molecule has 0 aromatic carbocycles. The van der Waals surface area contributed by atoms with Crippen LogP contribution in [0.25, 0.3) is 0 Å². The van der Waals surface area contributed by atoms with Gasteiger partial charge in [-0.2, -0.15) is 0 Å². The zero-order valence-electron chi connectivity index (χ0n) is 5.68. The topological polar surface area (TPSA) is 96.5 Å². The van der Waals surface area contributed by atoms with Gasteiger partial charge in [-0.15, -0.1) is 10.2 Å². The molecular weight excluding hydrogens is 152 g/mol. The zero-order chi connectivity index (χ0) is 8.43. The standard InChI is InChI=1S/C5H6N2O4/c1-2(8)3-6-7-4(11-3)5(9)10/h2,8H,1H3,(H,9,10). The lowest BCUT2D eigenvalue weighted by molar-refractivity contribution is 0.0645. The molecule has 2 N–H and O–H groups in total. The van der Waals surface area contributed by atoms with Crippen LogP contribution in [-0.4, -0.2) is 26.4 Å². The quantitative estimate of drug-likeness (QED) is 0.619. The fourth-order valence-corrected chi connectivity index (χ4v) is 0.490. The molecule has 0 spiro atoms. The third-order valence-corrected chi connectivity index (χ3v) is 0.981. The van der Waals surface area contributed by atoms with E-state index in [1.54, 1.807) is 0 Å². The Morgan fingerprint density at radius 1 is 1.64 bits per heavy atom. The molecule has 0 fully saturated rings. The monoisotopic (exact) mass is 158 g/mol. The van der Waals surface area contributed by atoms with Crippen LogP contribution in [0, 0.1) is 0 Å². The fourth-order valence-electron chi connectivity index (χ4n) is 0.490. The second kappa shape index (κ2) is 2.67. The predicted molar refractivity (Wildman–Crippen MR) is 31.9 cm³/mol. The van der Waals surface area contributed by atoms with E-state index in [9.17, 15) is 4.79 Å². The van der Waals surface area contributed by atoms with Crippen LogP contribution in [0.3, 0.4) is 0 Å². The van der Waals surface area contributed by atoms with Crippen LogP contribution in [0.5, 0.6) is 0 Å². The minimum Gasteiger partial charge on any atom is -0.474 e. The summed E-state index contributed by atoms with van der Waals surface area (Å²) in [5.74, 6) is -1.91. The van der Waals surface area contributed by atoms with Gasteiger partial charge in [0.2, 0.25) is 5.89 Å². The van der Waals surface area contributed by atoms with Gasteiger partial charge in [0.05, 0.1) is 0 Å². The van der Waals surface area contributed by atoms with Crippen molar-refractivity contribution in [3.63, 3.8) is 0 Å². The number of hydrogen-bond acceptors (Lipinski definition) is 5. The maximum absolute atomic E-state index is 10.2. The Labute approximate surface area is 61.5 Å². The lowest BCUT2D eigenvalue weighted by atomic mass is 10.4. The maximum Gasteiger partial charge on any atom is 0.393 e. The molecule has 0 aliphatic heterocycles. The minimum atomic E-state index is -1.30. The molecule has 1 aromatic heterocycles. The Morgan fingerprint density at radius 2 is 2.27 bits per heavy atom. The molecule has 1 atom stereocenters. The lowest BCUT2D eigenvalue weighted by Crippen LogP contribution is -1.95. The molecule has 1 heterocycles. The molecule has 0 bridgehead atoms. The van der Waals surface area contributed by atoms with Gasteiger partial charge in [-0.05, 0) is 6.92 Å². The SMILES string of the molecule is CC(O)c1nnc(C(=O)O)o1. The van der Waals surface area contributed by atoms with Crippen LogP contribution in [-0.2, 0) is 0 Å². The Morgan fingerprint density at radius 3 is 2.55 bits per heavy atom. The Balaban J connectivity index is 2.90. The van der Waals surface area contributed by atoms with Crippen molar-refractivity contribution in [2.45, 2.75) is 13.0 Å². The summed E-state index contributed by atoms with van der Waals surface area (Å²) in [6.45, 7) is 1.40. The number of carboxylic acid groups (broad SMARTS) is 1. The summed E-state index contributed by atoms with van der Waals surface area (Å²) < 4.78 is 4.53. The normalized spacial score (nSPS) is 12.9. The molecule has 0 radical (unpaired) electrons. The first-order valence-electron chi connectivity index (χ1n) is 2.86. The van der Waals surface area contributed by atoms with Crippen molar-refractivity contribution >= 4 is 5.97 Å². The van der Waals surface area contributed by atoms with Crippen LogP contribution in [0.2, 0.25) is 0 Å². The van der Waals surface area contributed by atoms with Crippen molar-refractivity contribution in [3.8, 4) is 0 Å². The average Bonchev–Trinajstić information content (AvgIpc) is 2.33. The third-order valence-electron chi connectivity index (χ3n) is 0.981. The minimum absolute atomic E-state index is 0.0950. The van der Waals surface area contributed by atoms with E-state index in [1.165, 1.54) is 6.92 Å². The van der Waals surface area contributed by atoms with Crippen LogP contribution in [0.15, 0.2) is 4.42 Å². The van der Waals surface area contributed by atoms with E-state index in [1.807, 2.05) is 0 Å². The molecule has 11 heavy (non-hydrogen) atoms. The van der Waals surface area contributed by atoms with E-state index in [0.717, 1.165) is 0 Å². The van der Waals surface area contributed by atoms with E-state index in [-0.39, 0.29) is 5.89 Å². The molecule has 1 aromatic rings. The van der Waals surface area contributed by atoms with Crippen molar-refractivity contribution in [1.29, 1.82) is 0 Å². The molecule has 60 valence electrons. The summed E-state index contributed by atoms with van der Waals surface area (Å²) in [7, 11) is 0. The van der Waals surface area contributed by atoms with Crippen LogP contribution >= 0.6 is 0 Å². The van der Waals surface area contributed by atoms with E-state index in [0.29, 0.717) is 0 Å². The highest BCUT2D eigenvalue weighted by Gasteiger charge is 2.15. The fraction of sp³-hybridized carbons (Fsp3) is 0.400. The number of aromatic nitrogens is 2. The number of rotatable bonds is 2. The van der Waals surface area contributed by atoms with E-state index in [2.05, 4.69) is 14.6 Å². The second-order valence-corrected chi connectivity index (χ2v) is 1.93. The summed E-state index contributed by atoms with van der Waals surface area (Å²) in [5, 5.41) is 23.6. The van der Waals surface area contributed by atoms with Crippen molar-refractivity contribution in [2.75, 3.05) is 0 Å². The summed E-state index contributed by atoms with van der Waals surface area (Å²) in [4.78, 5) is 10.2. The van der Waals surface area contributed by atoms with Gasteiger partial charge in [-0.3, -0.25) is 0 Å². The van der Waals surface area contributed by atoms with Crippen molar-refractivity contribution in [3.05, 3.63) is 11.8 Å². The lowest BCUT2D eigenvalue weighted by Gasteiger charge is -1.92. The largest absolute Gasteiger partial charge is 0.474 e. The van der Waals surface area contributed by atoms with E-state index in [4.69, 9.17) is 10.2 Å². The van der Waals surface area contributed by atoms with E-state index >= 15 is 0 Å². The maximum atomic E-state index is 10.2. The number of hydrogen-bond donors (Lipinski definition) is 2. The predicted octanol–water partition coefficient (Wildman–Crippen LogP) is -0.179. The second-order valence-electron chi connectivity index (χ2n) is 1.93. The van der Waals surface area contributed by atoms with E-state index < -0.39 is 18.0 Å². The van der Waals surface area contributed by atoms with Gasteiger partial charge < -0.3 is 14.6 Å². The van der Waals surface area contributed by atoms with Gasteiger partial charge in [-0.25, -0.2) is 4.79 Å². The number of carbonyl (C=O) groups is 1. The number of carboxylic acids is 1. The van der Waals surface area contributed by atoms with Crippen LogP contribution < -0.4 is 0 Å². The zero-order valence-corrected chi connectivity index (χ0v) is 5.68. The van der Waals surface area contributed by atoms with Crippen LogP contribution in [0.4, 0.5) is 0 Å². The molecule has 0 saturated heterocycles. The smallest absolute Gasteiger partial charge is 0.393 e. The van der Waals surface area contributed by atoms with Crippen LogP contribution in [0.1, 0.15) is 29.6 Å². The van der Waals surface area contributed by atoms with Gasteiger partial charge in [-0.1, -0.05) is 0 Å². The average molecular weight is 158 g/mol. The van der Waals surface area contributed by atoms with Crippen molar-refractivity contribution in [1.82, 2.24) is 10.2 Å². The van der Waals surface area contributed by atoms with Gasteiger partial charge >= 0.3 is 11.9 Å². The molecule has 6 nitrogen and oxygen atoms in total. The summed E-state index contributed by atoms with van der Waals surface area (Å²) >= 11 is 0. The highest BCUT2D eigenvalue weighted by atomic mass is 16.4. The highest BCUT2D eigenvalue weighted by molar-refractivity contribution is 5.81. The van der Waals surface area contributed by atoms with Crippen molar-refractivity contribution < 1.29 is 19.4 Å². The Kier molecular flexibility index (Phi) is 1.86. The Bertz CT molecular complexity index is 267. The molecule has 0 amide bonds. The molecular formula is C5H6N2O4. The first kappa shape index (κ1) is 7.67. The van der Waals surface area contributed by atoms with Gasteiger partial charge in [0.15, 0.2) is 0 Å². The molecule has 6 heteroatoms. The molecule has 1 rings (SSSR count). The molecule has 1 unspecified atom stereocenters. The summed E-state index contributed by atoms with van der Waals surface area (Å²) in [6, 6.07) is 0. The molecule has 0 aliphatic carbocycles. The summed E-state index contributed by atoms with van der Waals surface area (Å²) in [5.41, 5.74) is 0. The van der Waals surface area contributed by atoms with Gasteiger partial charge in [0.1, 0.15) is 6.10 Å². The van der Waals surface area contributed by atoms with Crippen molar-refractivity contribution in [2.24, 2.45) is 0 Å². The highest BCUT2D eigenvalue weighted by Crippen LogP contribution is 2.08. The Hall–Kier alpha value is -1.43. The molecule has 0 aliphatic rings. The molecule has 0 saturated carbocycles. The van der Waals surface area contributed by atoms with Gasteiger partial charge in [0, 0.05) is 0 Å². The number of aliphatic hydroxyl groups excluding tert-OH is 1. The number of aliphatic hydroxyl groups is 1. The number of aromatic carboxylic acids is 1. The third kappa shape index (κ3) is 1.53. The first-order valence-corrected chi connectivity index (χ1v) is 2.86. The van der Waals surface area contributed by atoms with Gasteiger partial charge in [0.25, 0.3) is 0 Å². The summed E-state index contributed by atoms with van der Waals surface area (Å²) in [6.07, 6.45) is -0.935. The first-order chi connectivity index (χ1) is 5.11. The number of nitrogens with zero attached hydrogens (tertiary/aromatic N) is 2.